The molecule has 3 aromatic carbocycles. The highest BCUT2D eigenvalue weighted by Crippen LogP contribution is 2.55. The van der Waals surface area contributed by atoms with Crippen LogP contribution in [0.2, 0.25) is 0 Å². The normalized spacial score (nSPS) is 19.1. The van der Waals surface area contributed by atoms with E-state index in [-0.39, 0.29) is 30.0 Å². The smallest absolute Gasteiger partial charge is 0.269 e. The van der Waals surface area contributed by atoms with Crippen molar-refractivity contribution in [3.8, 4) is 0 Å². The largest absolute Gasteiger partial charge is 0.354 e. The number of carbonyl (C=O) groups is 3. The van der Waals surface area contributed by atoms with Crippen LogP contribution in [0.15, 0.2) is 78.9 Å². The highest BCUT2D eigenvalue weighted by molar-refractivity contribution is 8.02. The van der Waals surface area contributed by atoms with E-state index in [1.165, 1.54) is 16.7 Å². The molecule has 34 heavy (non-hydrogen) atoms. The summed E-state index contributed by atoms with van der Waals surface area (Å²) >= 11 is 1.32. The van der Waals surface area contributed by atoms with Crippen molar-refractivity contribution in [1.82, 2.24) is 5.32 Å². The molecule has 5 rings (SSSR count). The predicted molar refractivity (Wildman–Crippen MR) is 135 cm³/mol. The number of nitrogens with zero attached hydrogens (tertiary/aromatic N) is 2. The summed E-state index contributed by atoms with van der Waals surface area (Å²) in [6.07, 6.45) is 0.715. The minimum absolute atomic E-state index is 0.0945. The number of amides is 3. The second kappa shape index (κ2) is 8.99. The zero-order valence-electron chi connectivity index (χ0n) is 18.9. The highest BCUT2D eigenvalue weighted by Gasteiger charge is 2.61. The molecule has 2 aliphatic rings. The molecule has 0 radical (unpaired) electrons. The van der Waals surface area contributed by atoms with Crippen molar-refractivity contribution in [2.45, 2.75) is 18.2 Å². The molecule has 3 aromatic rings. The fraction of sp³-hybridized carbons (Fsp3) is 0.222. The summed E-state index contributed by atoms with van der Waals surface area (Å²) in [6, 6.07) is 25.0. The van der Waals surface area contributed by atoms with Crippen molar-refractivity contribution >= 4 is 40.9 Å². The minimum atomic E-state index is -1.20. The zero-order valence-corrected chi connectivity index (χ0v) is 19.7. The average Bonchev–Trinajstić information content (AvgIpc) is 3.31. The van der Waals surface area contributed by atoms with Crippen LogP contribution >= 0.6 is 11.8 Å². The fourth-order valence-electron chi connectivity index (χ4n) is 4.67. The summed E-state index contributed by atoms with van der Waals surface area (Å²) in [4.78, 5) is 41.8. The first kappa shape index (κ1) is 22.2. The van der Waals surface area contributed by atoms with Crippen LogP contribution in [-0.2, 0) is 25.7 Å². The molecule has 0 unspecified atom stereocenters. The van der Waals surface area contributed by atoms with Crippen LogP contribution < -0.4 is 15.1 Å². The third-order valence-electron chi connectivity index (χ3n) is 6.20. The SMILES string of the molecule is Cc1cccc(N2C(=O)CS[C@]23C(=O)N(CC(=O)NCCc2ccccc2)c2ccccc23)c1. The molecule has 7 heteroatoms. The van der Waals surface area contributed by atoms with Crippen molar-refractivity contribution in [1.29, 1.82) is 0 Å². The van der Waals surface area contributed by atoms with E-state index in [9.17, 15) is 14.4 Å². The molecular formula is C27H25N3O3S. The molecule has 1 fully saturated rings. The first-order valence-electron chi connectivity index (χ1n) is 11.3. The van der Waals surface area contributed by atoms with E-state index >= 15 is 0 Å². The summed E-state index contributed by atoms with van der Waals surface area (Å²) in [5.74, 6) is -0.407. The number of hydrogen-bond acceptors (Lipinski definition) is 4. The van der Waals surface area contributed by atoms with Crippen LogP contribution in [0.5, 0.6) is 0 Å². The summed E-state index contributed by atoms with van der Waals surface area (Å²) < 4.78 is 0. The molecule has 1 saturated heterocycles. The Morgan fingerprint density at radius 1 is 1.00 bits per heavy atom. The highest BCUT2D eigenvalue weighted by atomic mass is 32.2. The second-order valence-corrected chi connectivity index (χ2v) is 9.66. The van der Waals surface area contributed by atoms with Gasteiger partial charge in [-0.05, 0) is 42.7 Å². The van der Waals surface area contributed by atoms with E-state index in [4.69, 9.17) is 0 Å². The fourth-order valence-corrected chi connectivity index (χ4v) is 6.03. The van der Waals surface area contributed by atoms with Crippen LogP contribution in [0.25, 0.3) is 0 Å². The van der Waals surface area contributed by atoms with Crippen molar-refractivity contribution < 1.29 is 14.4 Å². The lowest BCUT2D eigenvalue weighted by Crippen LogP contribution is -2.51. The van der Waals surface area contributed by atoms with Crippen LogP contribution in [0, 0.1) is 6.92 Å². The van der Waals surface area contributed by atoms with Gasteiger partial charge in [0.05, 0.1) is 11.4 Å². The topological polar surface area (TPSA) is 69.7 Å². The number of rotatable bonds is 6. The van der Waals surface area contributed by atoms with E-state index < -0.39 is 4.87 Å². The number of benzene rings is 3. The van der Waals surface area contributed by atoms with Gasteiger partial charge in [-0.3, -0.25) is 24.2 Å². The minimum Gasteiger partial charge on any atom is -0.354 e. The quantitative estimate of drug-likeness (QED) is 0.596. The van der Waals surface area contributed by atoms with Crippen LogP contribution in [0.4, 0.5) is 11.4 Å². The molecule has 2 heterocycles. The second-order valence-electron chi connectivity index (χ2n) is 8.49. The van der Waals surface area contributed by atoms with Gasteiger partial charge in [0, 0.05) is 17.8 Å². The van der Waals surface area contributed by atoms with Gasteiger partial charge in [0.2, 0.25) is 16.7 Å². The Kier molecular flexibility index (Phi) is 5.87. The molecular weight excluding hydrogens is 446 g/mol. The van der Waals surface area contributed by atoms with E-state index in [0.717, 1.165) is 16.7 Å². The van der Waals surface area contributed by atoms with E-state index in [2.05, 4.69) is 5.32 Å². The van der Waals surface area contributed by atoms with Crippen molar-refractivity contribution in [3.05, 3.63) is 95.6 Å². The van der Waals surface area contributed by atoms with Gasteiger partial charge in [-0.15, -0.1) is 11.8 Å². The number of para-hydroxylation sites is 1. The van der Waals surface area contributed by atoms with Gasteiger partial charge < -0.3 is 5.32 Å². The molecule has 1 atom stereocenters. The van der Waals surface area contributed by atoms with Crippen molar-refractivity contribution in [3.63, 3.8) is 0 Å². The number of aryl methyl sites for hydroxylation is 1. The Labute approximate surface area is 202 Å². The van der Waals surface area contributed by atoms with Gasteiger partial charge in [-0.1, -0.05) is 60.7 Å². The zero-order chi connectivity index (χ0) is 23.7. The Bertz CT molecular complexity index is 1260. The molecule has 6 nitrogen and oxygen atoms in total. The standard InChI is InChI=1S/C27H25N3O3S/c1-19-8-7-11-21(16-19)30-25(32)18-34-27(30)22-12-5-6-13-23(22)29(26(27)33)17-24(31)28-15-14-20-9-3-2-4-10-20/h2-13,16H,14-15,17-18H2,1H3,(H,28,31)/t27-/m1/s1. The van der Waals surface area contributed by atoms with Crippen molar-refractivity contribution in [2.75, 3.05) is 28.6 Å². The number of anilines is 2. The number of thioether (sulfide) groups is 1. The van der Waals surface area contributed by atoms with Crippen LogP contribution in [0.1, 0.15) is 16.7 Å². The Balaban J connectivity index is 1.41. The van der Waals surface area contributed by atoms with E-state index in [1.807, 2.05) is 85.8 Å². The third kappa shape index (κ3) is 3.76. The third-order valence-corrected chi connectivity index (χ3v) is 7.59. The average molecular weight is 472 g/mol. The van der Waals surface area contributed by atoms with Gasteiger partial charge >= 0.3 is 0 Å². The number of carbonyl (C=O) groups excluding carboxylic acids is 3. The van der Waals surface area contributed by atoms with Gasteiger partial charge in [0.15, 0.2) is 0 Å². The van der Waals surface area contributed by atoms with E-state index in [0.29, 0.717) is 24.3 Å². The Morgan fingerprint density at radius 3 is 2.56 bits per heavy atom. The molecule has 172 valence electrons. The molecule has 3 amide bonds. The lowest BCUT2D eigenvalue weighted by atomic mass is 10.0. The molecule has 0 aliphatic carbocycles. The van der Waals surface area contributed by atoms with Crippen LogP contribution in [0.3, 0.4) is 0 Å². The predicted octanol–water partition coefficient (Wildman–Crippen LogP) is 3.63. The maximum atomic E-state index is 14.0. The molecule has 2 aliphatic heterocycles. The van der Waals surface area contributed by atoms with Crippen molar-refractivity contribution in [2.24, 2.45) is 0 Å². The first-order chi connectivity index (χ1) is 16.5. The Hall–Kier alpha value is -3.58. The summed E-state index contributed by atoms with van der Waals surface area (Å²) in [5.41, 5.74) is 4.25. The van der Waals surface area contributed by atoms with E-state index in [1.54, 1.807) is 4.90 Å². The number of hydrogen-bond donors (Lipinski definition) is 1. The van der Waals surface area contributed by atoms with Gasteiger partial charge in [-0.25, -0.2) is 0 Å². The first-order valence-corrected chi connectivity index (χ1v) is 12.2. The maximum absolute atomic E-state index is 14.0. The summed E-state index contributed by atoms with van der Waals surface area (Å²) in [7, 11) is 0. The van der Waals surface area contributed by atoms with Crippen LogP contribution in [-0.4, -0.2) is 36.6 Å². The Morgan fingerprint density at radius 2 is 1.76 bits per heavy atom. The molecule has 0 bridgehead atoms. The maximum Gasteiger partial charge on any atom is 0.269 e. The van der Waals surface area contributed by atoms with Gasteiger partial charge in [0.25, 0.3) is 5.91 Å². The number of fused-ring (bicyclic) bond motifs is 2. The summed E-state index contributed by atoms with van der Waals surface area (Å²) in [5, 5.41) is 2.93. The number of nitrogens with one attached hydrogen (secondary N) is 1. The molecule has 0 aromatic heterocycles. The lowest BCUT2D eigenvalue weighted by molar-refractivity contribution is -0.125. The molecule has 1 spiro atoms. The van der Waals surface area contributed by atoms with Gasteiger partial charge in [-0.2, -0.15) is 0 Å². The monoisotopic (exact) mass is 471 g/mol. The molecule has 0 saturated carbocycles. The van der Waals surface area contributed by atoms with Gasteiger partial charge in [0.1, 0.15) is 6.54 Å². The lowest BCUT2D eigenvalue weighted by Gasteiger charge is -2.33. The molecule has 1 N–H and O–H groups in total. The summed E-state index contributed by atoms with van der Waals surface area (Å²) in [6.45, 7) is 2.35.